The molecule has 0 aliphatic heterocycles. The van der Waals surface area contributed by atoms with Gasteiger partial charge in [0.2, 0.25) is 0 Å². The van der Waals surface area contributed by atoms with Crippen molar-refractivity contribution in [2.75, 3.05) is 5.32 Å². The summed E-state index contributed by atoms with van der Waals surface area (Å²) < 4.78 is 0.847. The molecule has 0 atom stereocenters. The van der Waals surface area contributed by atoms with E-state index in [4.69, 9.17) is 0 Å². The zero-order valence-electron chi connectivity index (χ0n) is 12.0. The fourth-order valence-electron chi connectivity index (χ4n) is 2.47. The van der Waals surface area contributed by atoms with Gasteiger partial charge >= 0.3 is 0 Å². The zero-order chi connectivity index (χ0) is 13.7. The first-order valence-electron chi connectivity index (χ1n) is 6.47. The molecule has 1 aliphatic carbocycles. The van der Waals surface area contributed by atoms with Gasteiger partial charge in [-0.25, -0.2) is 9.97 Å². The van der Waals surface area contributed by atoms with Gasteiger partial charge < -0.3 is 5.32 Å². The lowest BCUT2D eigenvalue weighted by Gasteiger charge is -2.11. The van der Waals surface area contributed by atoms with Crippen LogP contribution in [-0.4, -0.2) is 16.0 Å². The van der Waals surface area contributed by atoms with E-state index in [1.807, 2.05) is 6.07 Å². The second-order valence-electron chi connectivity index (χ2n) is 6.61. The molecule has 0 amide bonds. The standard InChI is InChI=1S/C14H22BrN3/c1-8(2)11-16-9(15)7-10(17-11)18-12-13(3,4)14(12,5)6/h7-8,12H,1-6H3,(H,16,17,18). The first-order chi connectivity index (χ1) is 8.16. The van der Waals surface area contributed by atoms with Crippen LogP contribution in [0.3, 0.4) is 0 Å². The Hall–Kier alpha value is -0.640. The number of hydrogen-bond donors (Lipinski definition) is 1. The molecule has 100 valence electrons. The molecule has 1 aromatic heterocycles. The van der Waals surface area contributed by atoms with Crippen LogP contribution in [0.4, 0.5) is 5.82 Å². The van der Waals surface area contributed by atoms with E-state index in [1.54, 1.807) is 0 Å². The normalized spacial score (nSPS) is 21.1. The first kappa shape index (κ1) is 13.8. The molecule has 2 rings (SSSR count). The maximum Gasteiger partial charge on any atom is 0.134 e. The van der Waals surface area contributed by atoms with Crippen LogP contribution in [0.5, 0.6) is 0 Å². The smallest absolute Gasteiger partial charge is 0.134 e. The summed E-state index contributed by atoms with van der Waals surface area (Å²) in [5.41, 5.74) is 0.616. The summed E-state index contributed by atoms with van der Waals surface area (Å²) in [5, 5.41) is 3.55. The van der Waals surface area contributed by atoms with Crippen molar-refractivity contribution in [1.29, 1.82) is 0 Å². The van der Waals surface area contributed by atoms with Crippen LogP contribution in [0, 0.1) is 10.8 Å². The van der Waals surface area contributed by atoms with Crippen LogP contribution in [0.2, 0.25) is 0 Å². The van der Waals surface area contributed by atoms with Gasteiger partial charge in [0.25, 0.3) is 0 Å². The van der Waals surface area contributed by atoms with E-state index in [9.17, 15) is 0 Å². The third kappa shape index (κ3) is 2.15. The molecule has 1 aromatic rings. The van der Waals surface area contributed by atoms with Crippen molar-refractivity contribution in [1.82, 2.24) is 9.97 Å². The van der Waals surface area contributed by atoms with E-state index >= 15 is 0 Å². The zero-order valence-corrected chi connectivity index (χ0v) is 13.6. The van der Waals surface area contributed by atoms with Crippen molar-refractivity contribution in [2.24, 2.45) is 10.8 Å². The Bertz CT molecular complexity index is 452. The van der Waals surface area contributed by atoms with E-state index in [-0.39, 0.29) is 0 Å². The molecule has 4 heteroatoms. The summed E-state index contributed by atoms with van der Waals surface area (Å²) in [4.78, 5) is 8.99. The molecule has 1 aliphatic rings. The topological polar surface area (TPSA) is 37.8 Å². The molecular weight excluding hydrogens is 290 g/mol. The lowest BCUT2D eigenvalue weighted by molar-refractivity contribution is 0.457. The Balaban J connectivity index is 2.21. The summed E-state index contributed by atoms with van der Waals surface area (Å²) in [6, 6.07) is 2.42. The van der Waals surface area contributed by atoms with Crippen LogP contribution in [0.15, 0.2) is 10.7 Å². The Morgan fingerprint density at radius 3 is 2.17 bits per heavy atom. The fourth-order valence-corrected chi connectivity index (χ4v) is 2.87. The average molecular weight is 312 g/mol. The number of nitrogens with zero attached hydrogens (tertiary/aromatic N) is 2. The quantitative estimate of drug-likeness (QED) is 0.850. The van der Waals surface area contributed by atoms with Crippen molar-refractivity contribution in [3.8, 4) is 0 Å². The van der Waals surface area contributed by atoms with E-state index in [0.717, 1.165) is 16.2 Å². The van der Waals surface area contributed by atoms with Gasteiger partial charge in [-0.1, -0.05) is 41.5 Å². The van der Waals surface area contributed by atoms with E-state index < -0.39 is 0 Å². The molecule has 0 saturated heterocycles. The first-order valence-corrected chi connectivity index (χ1v) is 7.26. The monoisotopic (exact) mass is 311 g/mol. The Morgan fingerprint density at radius 2 is 1.72 bits per heavy atom. The molecule has 0 bridgehead atoms. The minimum atomic E-state index is 0.308. The van der Waals surface area contributed by atoms with Crippen LogP contribution in [0.1, 0.15) is 53.3 Å². The largest absolute Gasteiger partial charge is 0.366 e. The van der Waals surface area contributed by atoms with Crippen molar-refractivity contribution >= 4 is 21.7 Å². The predicted octanol–water partition coefficient (Wildman–Crippen LogP) is 4.21. The lowest BCUT2D eigenvalue weighted by Crippen LogP contribution is -2.13. The summed E-state index contributed by atoms with van der Waals surface area (Å²) in [6.45, 7) is 13.4. The van der Waals surface area contributed by atoms with Crippen molar-refractivity contribution in [2.45, 2.75) is 53.5 Å². The van der Waals surface area contributed by atoms with Gasteiger partial charge in [0.15, 0.2) is 0 Å². The van der Waals surface area contributed by atoms with Crippen molar-refractivity contribution in [3.05, 3.63) is 16.5 Å². The number of aromatic nitrogens is 2. The maximum atomic E-state index is 4.59. The minimum absolute atomic E-state index is 0.308. The molecular formula is C14H22BrN3. The molecule has 1 saturated carbocycles. The van der Waals surface area contributed by atoms with Gasteiger partial charge in [-0.05, 0) is 26.8 Å². The fraction of sp³-hybridized carbons (Fsp3) is 0.714. The van der Waals surface area contributed by atoms with Crippen LogP contribution in [0.25, 0.3) is 0 Å². The molecule has 0 aromatic carbocycles. The molecule has 0 unspecified atom stereocenters. The van der Waals surface area contributed by atoms with E-state index in [0.29, 0.717) is 22.8 Å². The van der Waals surface area contributed by atoms with Gasteiger partial charge in [-0.3, -0.25) is 0 Å². The van der Waals surface area contributed by atoms with Crippen LogP contribution >= 0.6 is 15.9 Å². The highest BCUT2D eigenvalue weighted by Gasteiger charge is 2.65. The number of nitrogens with one attached hydrogen (secondary N) is 1. The van der Waals surface area contributed by atoms with Crippen LogP contribution < -0.4 is 5.32 Å². The Kier molecular flexibility index (Phi) is 3.21. The third-order valence-corrected chi connectivity index (χ3v) is 4.95. The highest BCUT2D eigenvalue weighted by atomic mass is 79.9. The van der Waals surface area contributed by atoms with Gasteiger partial charge in [0.1, 0.15) is 16.2 Å². The lowest BCUT2D eigenvalue weighted by atomic mass is 10.0. The molecule has 0 spiro atoms. The van der Waals surface area contributed by atoms with Gasteiger partial charge in [-0.15, -0.1) is 0 Å². The minimum Gasteiger partial charge on any atom is -0.366 e. The van der Waals surface area contributed by atoms with E-state index in [2.05, 4.69) is 72.8 Å². The second-order valence-corrected chi connectivity index (χ2v) is 7.42. The van der Waals surface area contributed by atoms with Crippen molar-refractivity contribution in [3.63, 3.8) is 0 Å². The summed E-state index contributed by atoms with van der Waals surface area (Å²) in [7, 11) is 0. The SMILES string of the molecule is CC(C)c1nc(Br)cc(NC2C(C)(C)C2(C)C)n1. The van der Waals surface area contributed by atoms with Crippen LogP contribution in [-0.2, 0) is 0 Å². The molecule has 18 heavy (non-hydrogen) atoms. The number of halogens is 1. The second kappa shape index (κ2) is 4.19. The highest BCUT2D eigenvalue weighted by Crippen LogP contribution is 2.63. The maximum absolute atomic E-state index is 4.59. The summed E-state index contributed by atoms with van der Waals surface area (Å²) >= 11 is 3.46. The van der Waals surface area contributed by atoms with Gasteiger partial charge in [0.05, 0.1) is 0 Å². The van der Waals surface area contributed by atoms with E-state index in [1.165, 1.54) is 0 Å². The molecule has 0 radical (unpaired) electrons. The average Bonchev–Trinajstić information content (AvgIpc) is 2.60. The molecule has 1 heterocycles. The van der Waals surface area contributed by atoms with Gasteiger partial charge in [-0.2, -0.15) is 0 Å². The Morgan fingerprint density at radius 1 is 1.17 bits per heavy atom. The highest BCUT2D eigenvalue weighted by molar-refractivity contribution is 9.10. The Labute approximate surface area is 118 Å². The molecule has 1 N–H and O–H groups in total. The number of rotatable bonds is 3. The third-order valence-electron chi connectivity index (χ3n) is 4.54. The predicted molar refractivity (Wildman–Crippen MR) is 78.8 cm³/mol. The molecule has 1 fully saturated rings. The summed E-state index contributed by atoms with van der Waals surface area (Å²) in [5.74, 6) is 2.13. The molecule has 3 nitrogen and oxygen atoms in total. The van der Waals surface area contributed by atoms with Crippen molar-refractivity contribution < 1.29 is 0 Å². The van der Waals surface area contributed by atoms with Gasteiger partial charge in [0, 0.05) is 18.0 Å². The summed E-state index contributed by atoms with van der Waals surface area (Å²) in [6.07, 6.45) is 0. The number of anilines is 1. The number of hydrogen-bond acceptors (Lipinski definition) is 3.